The second kappa shape index (κ2) is 6.33. The fraction of sp³-hybridized carbons (Fsp3) is 0.294. The van der Waals surface area contributed by atoms with E-state index in [0.717, 1.165) is 22.4 Å². The van der Waals surface area contributed by atoms with Crippen molar-refractivity contribution in [1.82, 2.24) is 4.98 Å². The molecule has 0 spiro atoms. The zero-order valence-electron chi connectivity index (χ0n) is 12.2. The van der Waals surface area contributed by atoms with Gasteiger partial charge >= 0.3 is 0 Å². The van der Waals surface area contributed by atoms with Gasteiger partial charge < -0.3 is 5.32 Å². The van der Waals surface area contributed by atoms with E-state index in [9.17, 15) is 4.79 Å². The normalized spacial score (nSPS) is 11.9. The highest BCUT2D eigenvalue weighted by Crippen LogP contribution is 2.20. The maximum absolute atomic E-state index is 12.1. The summed E-state index contributed by atoms with van der Waals surface area (Å²) in [4.78, 5) is 16.2. The Balaban J connectivity index is 2.01. The first-order chi connectivity index (χ1) is 9.56. The van der Waals surface area contributed by atoms with Crippen molar-refractivity contribution in [3.05, 3.63) is 59.4 Å². The van der Waals surface area contributed by atoms with E-state index in [-0.39, 0.29) is 11.8 Å². The minimum Gasteiger partial charge on any atom is -0.326 e. The number of anilines is 1. The number of aromatic nitrogens is 1. The Kier molecular flexibility index (Phi) is 4.51. The van der Waals surface area contributed by atoms with Crippen molar-refractivity contribution in [2.24, 2.45) is 0 Å². The van der Waals surface area contributed by atoms with Crippen LogP contribution < -0.4 is 5.32 Å². The maximum Gasteiger partial charge on any atom is 0.224 e. The fourth-order valence-electron chi connectivity index (χ4n) is 2.14. The number of benzene rings is 1. The summed E-state index contributed by atoms with van der Waals surface area (Å²) in [6.45, 7) is 6.06. The molecule has 0 fully saturated rings. The first-order valence-electron chi connectivity index (χ1n) is 6.83. The molecule has 1 amide bonds. The topological polar surface area (TPSA) is 42.0 Å². The Morgan fingerprint density at radius 1 is 1.30 bits per heavy atom. The van der Waals surface area contributed by atoms with Crippen molar-refractivity contribution in [3.8, 4) is 0 Å². The van der Waals surface area contributed by atoms with Crippen LogP contribution in [0.25, 0.3) is 0 Å². The van der Waals surface area contributed by atoms with Crippen LogP contribution in [0.15, 0.2) is 42.7 Å². The van der Waals surface area contributed by atoms with Crippen LogP contribution in [0.3, 0.4) is 0 Å². The molecule has 1 aromatic carbocycles. The van der Waals surface area contributed by atoms with Gasteiger partial charge in [0.05, 0.1) is 0 Å². The number of aryl methyl sites for hydroxylation is 2. The summed E-state index contributed by atoms with van der Waals surface area (Å²) in [6, 6.07) is 9.97. The quantitative estimate of drug-likeness (QED) is 0.915. The van der Waals surface area contributed by atoms with Gasteiger partial charge in [-0.05, 0) is 48.6 Å². The molecule has 2 aromatic rings. The molecule has 1 atom stereocenters. The molecule has 1 N–H and O–H groups in total. The van der Waals surface area contributed by atoms with Gasteiger partial charge in [-0.1, -0.05) is 25.1 Å². The SMILES string of the molecule is Cc1ccc(C)c(NC(=O)CC(C)c2cccnc2)c1. The Labute approximate surface area is 120 Å². The Morgan fingerprint density at radius 3 is 2.80 bits per heavy atom. The number of pyridine rings is 1. The van der Waals surface area contributed by atoms with Crippen LogP contribution in [-0.2, 0) is 4.79 Å². The summed E-state index contributed by atoms with van der Waals surface area (Å²) >= 11 is 0. The minimum atomic E-state index is 0.0371. The van der Waals surface area contributed by atoms with Gasteiger partial charge in [-0.25, -0.2) is 0 Å². The van der Waals surface area contributed by atoms with Crippen LogP contribution in [0.5, 0.6) is 0 Å². The minimum absolute atomic E-state index is 0.0371. The molecule has 3 heteroatoms. The lowest BCUT2D eigenvalue weighted by molar-refractivity contribution is -0.116. The lowest BCUT2D eigenvalue weighted by Crippen LogP contribution is -2.15. The smallest absolute Gasteiger partial charge is 0.224 e. The van der Waals surface area contributed by atoms with Gasteiger partial charge in [0, 0.05) is 24.5 Å². The molecule has 104 valence electrons. The van der Waals surface area contributed by atoms with Gasteiger partial charge in [0.2, 0.25) is 5.91 Å². The summed E-state index contributed by atoms with van der Waals surface area (Å²) in [6.07, 6.45) is 4.02. The predicted molar refractivity (Wildman–Crippen MR) is 81.8 cm³/mol. The average molecular weight is 268 g/mol. The van der Waals surface area contributed by atoms with Crippen molar-refractivity contribution in [2.45, 2.75) is 33.1 Å². The van der Waals surface area contributed by atoms with Crippen LogP contribution in [0, 0.1) is 13.8 Å². The van der Waals surface area contributed by atoms with Crippen molar-refractivity contribution >= 4 is 11.6 Å². The molecule has 1 aromatic heterocycles. The lowest BCUT2D eigenvalue weighted by Gasteiger charge is -2.13. The van der Waals surface area contributed by atoms with Crippen molar-refractivity contribution < 1.29 is 4.79 Å². The molecule has 0 bridgehead atoms. The van der Waals surface area contributed by atoms with E-state index >= 15 is 0 Å². The third kappa shape index (κ3) is 3.67. The van der Waals surface area contributed by atoms with Crippen molar-refractivity contribution in [2.75, 3.05) is 5.32 Å². The van der Waals surface area contributed by atoms with Gasteiger partial charge in [-0.15, -0.1) is 0 Å². The lowest BCUT2D eigenvalue weighted by atomic mass is 9.99. The highest BCUT2D eigenvalue weighted by atomic mass is 16.1. The van der Waals surface area contributed by atoms with Gasteiger partial charge in [-0.2, -0.15) is 0 Å². The fourth-order valence-corrected chi connectivity index (χ4v) is 2.14. The second-order valence-electron chi connectivity index (χ2n) is 5.26. The van der Waals surface area contributed by atoms with E-state index in [4.69, 9.17) is 0 Å². The number of amides is 1. The summed E-state index contributed by atoms with van der Waals surface area (Å²) in [5.41, 5.74) is 4.21. The summed E-state index contributed by atoms with van der Waals surface area (Å²) in [5, 5.41) is 2.99. The molecule has 20 heavy (non-hydrogen) atoms. The van der Waals surface area contributed by atoms with E-state index in [1.165, 1.54) is 0 Å². The van der Waals surface area contributed by atoms with Crippen molar-refractivity contribution in [3.63, 3.8) is 0 Å². The van der Waals surface area contributed by atoms with Crippen LogP contribution in [0.1, 0.15) is 36.0 Å². The average Bonchev–Trinajstić information content (AvgIpc) is 2.43. The summed E-state index contributed by atoms with van der Waals surface area (Å²) < 4.78 is 0. The zero-order chi connectivity index (χ0) is 14.5. The number of carbonyl (C=O) groups is 1. The van der Waals surface area contributed by atoms with Gasteiger partial charge in [-0.3, -0.25) is 9.78 Å². The van der Waals surface area contributed by atoms with E-state index in [1.807, 2.05) is 57.3 Å². The molecule has 2 rings (SSSR count). The van der Waals surface area contributed by atoms with Gasteiger partial charge in [0.15, 0.2) is 0 Å². The number of carbonyl (C=O) groups excluding carboxylic acids is 1. The molecular formula is C17H20N2O. The molecule has 0 aliphatic carbocycles. The second-order valence-corrected chi connectivity index (χ2v) is 5.26. The number of nitrogens with zero attached hydrogens (tertiary/aromatic N) is 1. The molecule has 1 heterocycles. The number of hydrogen-bond acceptors (Lipinski definition) is 2. The monoisotopic (exact) mass is 268 g/mol. The molecule has 1 unspecified atom stereocenters. The first-order valence-corrected chi connectivity index (χ1v) is 6.83. The molecule has 0 saturated heterocycles. The molecular weight excluding hydrogens is 248 g/mol. The summed E-state index contributed by atoms with van der Waals surface area (Å²) in [5.74, 6) is 0.198. The maximum atomic E-state index is 12.1. The summed E-state index contributed by atoms with van der Waals surface area (Å²) in [7, 11) is 0. The molecule has 0 aliphatic heterocycles. The Bertz CT molecular complexity index is 593. The van der Waals surface area contributed by atoms with E-state index in [2.05, 4.69) is 10.3 Å². The Morgan fingerprint density at radius 2 is 2.10 bits per heavy atom. The molecule has 0 aliphatic rings. The third-order valence-electron chi connectivity index (χ3n) is 3.41. The third-order valence-corrected chi connectivity index (χ3v) is 3.41. The Hall–Kier alpha value is -2.16. The molecule has 3 nitrogen and oxygen atoms in total. The zero-order valence-corrected chi connectivity index (χ0v) is 12.2. The van der Waals surface area contributed by atoms with Crippen molar-refractivity contribution in [1.29, 1.82) is 0 Å². The standard InChI is InChI=1S/C17H20N2O/c1-12-6-7-13(2)16(9-12)19-17(20)10-14(3)15-5-4-8-18-11-15/h4-9,11,14H,10H2,1-3H3,(H,19,20). The largest absolute Gasteiger partial charge is 0.326 e. The van der Waals surface area contributed by atoms with E-state index in [0.29, 0.717) is 6.42 Å². The van der Waals surface area contributed by atoms with Gasteiger partial charge in [0.1, 0.15) is 0 Å². The van der Waals surface area contributed by atoms with E-state index in [1.54, 1.807) is 6.20 Å². The predicted octanol–water partition coefficient (Wildman–Crippen LogP) is 3.83. The number of rotatable bonds is 4. The van der Waals surface area contributed by atoms with E-state index < -0.39 is 0 Å². The molecule has 0 saturated carbocycles. The van der Waals surface area contributed by atoms with Crippen LogP contribution >= 0.6 is 0 Å². The van der Waals surface area contributed by atoms with Crippen LogP contribution in [0.4, 0.5) is 5.69 Å². The number of hydrogen-bond donors (Lipinski definition) is 1. The van der Waals surface area contributed by atoms with Gasteiger partial charge in [0.25, 0.3) is 0 Å². The van der Waals surface area contributed by atoms with Crippen LogP contribution in [-0.4, -0.2) is 10.9 Å². The first kappa shape index (κ1) is 14.3. The number of nitrogens with one attached hydrogen (secondary N) is 1. The highest BCUT2D eigenvalue weighted by Gasteiger charge is 2.12. The molecule has 0 radical (unpaired) electrons. The highest BCUT2D eigenvalue weighted by molar-refractivity contribution is 5.92. The van der Waals surface area contributed by atoms with Crippen LogP contribution in [0.2, 0.25) is 0 Å².